The highest BCUT2D eigenvalue weighted by Crippen LogP contribution is 2.40. The minimum Gasteiger partial charge on any atom is -0.387 e. The summed E-state index contributed by atoms with van der Waals surface area (Å²) in [6, 6.07) is 16.6. The topological polar surface area (TPSA) is 23.5 Å². The van der Waals surface area contributed by atoms with Gasteiger partial charge in [-0.1, -0.05) is 42.5 Å². The van der Waals surface area contributed by atoms with Crippen LogP contribution >= 0.6 is 0 Å². The Kier molecular flexibility index (Phi) is 4.51. The molecule has 0 aliphatic carbocycles. The van der Waals surface area contributed by atoms with Crippen molar-refractivity contribution in [3.8, 4) is 0 Å². The number of halogens is 1. The fourth-order valence-corrected chi connectivity index (χ4v) is 3.60. The molecule has 1 fully saturated rings. The first-order valence-corrected chi connectivity index (χ1v) is 8.21. The Morgan fingerprint density at radius 2 is 1.91 bits per heavy atom. The molecule has 0 saturated carbocycles. The van der Waals surface area contributed by atoms with Crippen LogP contribution in [0.4, 0.5) is 4.39 Å². The van der Waals surface area contributed by atoms with Gasteiger partial charge in [0.05, 0.1) is 6.10 Å². The maximum absolute atomic E-state index is 13.5. The molecule has 1 saturated heterocycles. The van der Waals surface area contributed by atoms with E-state index in [9.17, 15) is 9.50 Å². The van der Waals surface area contributed by atoms with Crippen LogP contribution in [0.2, 0.25) is 0 Å². The van der Waals surface area contributed by atoms with Gasteiger partial charge in [-0.15, -0.1) is 0 Å². The van der Waals surface area contributed by atoms with Crippen molar-refractivity contribution in [2.45, 2.75) is 50.9 Å². The third-order valence-corrected chi connectivity index (χ3v) is 4.98. The highest BCUT2D eigenvalue weighted by molar-refractivity contribution is 5.22. The summed E-state index contributed by atoms with van der Waals surface area (Å²) >= 11 is 0. The molecule has 2 atom stereocenters. The van der Waals surface area contributed by atoms with E-state index in [4.69, 9.17) is 0 Å². The Labute approximate surface area is 137 Å². The van der Waals surface area contributed by atoms with Crippen LogP contribution in [-0.2, 0) is 6.54 Å². The SMILES string of the molecule is CC1(C)CCC([C@H](O)c2cccc(F)c2)N1Cc1ccccc1. The molecule has 3 heteroatoms. The first-order chi connectivity index (χ1) is 11.0. The van der Waals surface area contributed by atoms with Crippen LogP contribution in [0.3, 0.4) is 0 Å². The van der Waals surface area contributed by atoms with Crippen molar-refractivity contribution in [3.05, 3.63) is 71.5 Å². The lowest BCUT2D eigenvalue weighted by atomic mass is 10.00. The Bertz CT molecular complexity index is 656. The largest absolute Gasteiger partial charge is 0.387 e. The summed E-state index contributed by atoms with van der Waals surface area (Å²) < 4.78 is 13.5. The third kappa shape index (κ3) is 3.46. The van der Waals surface area contributed by atoms with E-state index in [-0.39, 0.29) is 17.4 Å². The summed E-state index contributed by atoms with van der Waals surface area (Å²) in [6.45, 7) is 5.23. The number of hydrogen-bond donors (Lipinski definition) is 1. The van der Waals surface area contributed by atoms with Gasteiger partial charge in [0.15, 0.2) is 0 Å². The highest BCUT2D eigenvalue weighted by atomic mass is 19.1. The van der Waals surface area contributed by atoms with Gasteiger partial charge in [0.2, 0.25) is 0 Å². The molecule has 1 heterocycles. The molecule has 122 valence electrons. The average Bonchev–Trinajstić information content (AvgIpc) is 2.83. The van der Waals surface area contributed by atoms with Gasteiger partial charge < -0.3 is 5.11 Å². The molecule has 2 aromatic rings. The van der Waals surface area contributed by atoms with Gasteiger partial charge in [0, 0.05) is 18.1 Å². The zero-order valence-electron chi connectivity index (χ0n) is 13.7. The summed E-state index contributed by atoms with van der Waals surface area (Å²) in [5.41, 5.74) is 1.92. The van der Waals surface area contributed by atoms with E-state index in [1.54, 1.807) is 12.1 Å². The molecule has 1 aliphatic rings. The second-order valence-corrected chi connectivity index (χ2v) is 7.03. The number of benzene rings is 2. The summed E-state index contributed by atoms with van der Waals surface area (Å²) in [7, 11) is 0. The number of rotatable bonds is 4. The Morgan fingerprint density at radius 1 is 1.17 bits per heavy atom. The number of likely N-dealkylation sites (tertiary alicyclic amines) is 1. The van der Waals surface area contributed by atoms with Crippen molar-refractivity contribution in [1.29, 1.82) is 0 Å². The van der Waals surface area contributed by atoms with E-state index in [0.717, 1.165) is 19.4 Å². The molecule has 0 amide bonds. The van der Waals surface area contributed by atoms with Crippen molar-refractivity contribution in [2.24, 2.45) is 0 Å². The van der Waals surface area contributed by atoms with Gasteiger partial charge in [-0.3, -0.25) is 4.90 Å². The monoisotopic (exact) mass is 313 g/mol. The van der Waals surface area contributed by atoms with Gasteiger partial charge in [0.25, 0.3) is 0 Å². The molecule has 1 N–H and O–H groups in total. The zero-order valence-corrected chi connectivity index (χ0v) is 13.7. The zero-order chi connectivity index (χ0) is 16.4. The lowest BCUT2D eigenvalue weighted by Gasteiger charge is -2.38. The molecular weight excluding hydrogens is 289 g/mol. The number of aliphatic hydroxyl groups is 1. The van der Waals surface area contributed by atoms with E-state index in [1.807, 2.05) is 18.2 Å². The fourth-order valence-electron chi connectivity index (χ4n) is 3.60. The van der Waals surface area contributed by atoms with E-state index < -0.39 is 6.10 Å². The van der Waals surface area contributed by atoms with Gasteiger partial charge in [0.1, 0.15) is 5.82 Å². The van der Waals surface area contributed by atoms with Crippen LogP contribution in [0.15, 0.2) is 54.6 Å². The minimum absolute atomic E-state index is 0.00649. The van der Waals surface area contributed by atoms with Crippen LogP contribution in [-0.4, -0.2) is 21.6 Å². The number of nitrogens with zero attached hydrogens (tertiary/aromatic N) is 1. The summed E-state index contributed by atoms with van der Waals surface area (Å²) in [5.74, 6) is -0.298. The van der Waals surface area contributed by atoms with Crippen LogP contribution < -0.4 is 0 Å². The number of hydrogen-bond acceptors (Lipinski definition) is 2. The Morgan fingerprint density at radius 3 is 2.61 bits per heavy atom. The summed E-state index contributed by atoms with van der Waals surface area (Å²) in [4.78, 5) is 2.36. The Hall–Kier alpha value is -1.71. The third-order valence-electron chi connectivity index (χ3n) is 4.98. The Balaban J connectivity index is 1.85. The molecule has 2 nitrogen and oxygen atoms in total. The van der Waals surface area contributed by atoms with E-state index in [1.165, 1.54) is 17.7 Å². The molecule has 23 heavy (non-hydrogen) atoms. The molecule has 0 aromatic heterocycles. The number of aliphatic hydroxyl groups excluding tert-OH is 1. The molecule has 2 aromatic carbocycles. The lowest BCUT2D eigenvalue weighted by Crippen LogP contribution is -2.44. The van der Waals surface area contributed by atoms with Crippen LogP contribution in [0.5, 0.6) is 0 Å². The van der Waals surface area contributed by atoms with Gasteiger partial charge >= 0.3 is 0 Å². The van der Waals surface area contributed by atoms with E-state index in [0.29, 0.717) is 5.56 Å². The van der Waals surface area contributed by atoms with Crippen LogP contribution in [0, 0.1) is 5.82 Å². The maximum atomic E-state index is 13.5. The smallest absolute Gasteiger partial charge is 0.123 e. The second kappa shape index (κ2) is 6.42. The van der Waals surface area contributed by atoms with Gasteiger partial charge in [-0.2, -0.15) is 0 Å². The van der Waals surface area contributed by atoms with Crippen molar-refractivity contribution < 1.29 is 9.50 Å². The molecule has 0 bridgehead atoms. The van der Waals surface area contributed by atoms with E-state index in [2.05, 4.69) is 30.9 Å². The van der Waals surface area contributed by atoms with Crippen molar-refractivity contribution in [3.63, 3.8) is 0 Å². The summed E-state index contributed by atoms with van der Waals surface area (Å²) in [5, 5.41) is 10.8. The lowest BCUT2D eigenvalue weighted by molar-refractivity contribution is 0.0275. The molecular formula is C20H24FNO. The van der Waals surface area contributed by atoms with Crippen molar-refractivity contribution in [1.82, 2.24) is 4.90 Å². The predicted octanol–water partition coefficient (Wildman–Crippen LogP) is 4.30. The van der Waals surface area contributed by atoms with Gasteiger partial charge in [-0.25, -0.2) is 4.39 Å². The normalized spacial score (nSPS) is 22.2. The minimum atomic E-state index is -0.670. The van der Waals surface area contributed by atoms with Gasteiger partial charge in [-0.05, 0) is 49.9 Å². The average molecular weight is 313 g/mol. The fraction of sp³-hybridized carbons (Fsp3) is 0.400. The van der Waals surface area contributed by atoms with Crippen molar-refractivity contribution in [2.75, 3.05) is 0 Å². The van der Waals surface area contributed by atoms with E-state index >= 15 is 0 Å². The van der Waals surface area contributed by atoms with Crippen LogP contribution in [0.1, 0.15) is 43.9 Å². The first-order valence-electron chi connectivity index (χ1n) is 8.21. The highest BCUT2D eigenvalue weighted by Gasteiger charge is 2.42. The molecule has 1 aliphatic heterocycles. The molecule has 0 spiro atoms. The standard InChI is InChI=1S/C20H24FNO/c1-20(2)12-11-18(19(23)16-9-6-10-17(21)13-16)22(20)14-15-7-4-3-5-8-15/h3-10,13,18-19,23H,11-12,14H2,1-2H3/t18?,19-/m1/s1. The second-order valence-electron chi connectivity index (χ2n) is 7.03. The predicted molar refractivity (Wildman–Crippen MR) is 90.4 cm³/mol. The molecule has 1 unspecified atom stereocenters. The first kappa shape index (κ1) is 16.2. The molecule has 3 rings (SSSR count). The summed E-state index contributed by atoms with van der Waals surface area (Å²) in [6.07, 6.45) is 1.27. The van der Waals surface area contributed by atoms with Crippen LogP contribution in [0.25, 0.3) is 0 Å². The molecule has 0 radical (unpaired) electrons. The quantitative estimate of drug-likeness (QED) is 0.909. The van der Waals surface area contributed by atoms with Crippen molar-refractivity contribution >= 4 is 0 Å². The maximum Gasteiger partial charge on any atom is 0.123 e.